The molecule has 0 fully saturated rings. The number of alkyl halides is 3. The Kier molecular flexibility index (Phi) is 5.86. The second-order valence-corrected chi connectivity index (χ2v) is 4.32. The summed E-state index contributed by atoms with van der Waals surface area (Å²) in [6, 6.07) is 8.57. The highest BCUT2D eigenvalue weighted by Crippen LogP contribution is 2.27. The highest BCUT2D eigenvalue weighted by Gasteiger charge is 2.42. The van der Waals surface area contributed by atoms with Crippen LogP contribution in [-0.2, 0) is 16.0 Å². The van der Waals surface area contributed by atoms with Crippen LogP contribution in [0.1, 0.15) is 31.7 Å². The maximum atomic E-state index is 12.7. The number of rotatable bonds is 6. The first kappa shape index (κ1) is 15.5. The van der Waals surface area contributed by atoms with E-state index in [1.54, 1.807) is 37.3 Å². The van der Waals surface area contributed by atoms with Gasteiger partial charge in [-0.3, -0.25) is 4.79 Å². The third kappa shape index (κ3) is 5.77. The predicted molar refractivity (Wildman–Crippen MR) is 65.6 cm³/mol. The van der Waals surface area contributed by atoms with Gasteiger partial charge >= 0.3 is 12.1 Å². The van der Waals surface area contributed by atoms with E-state index in [4.69, 9.17) is 0 Å². The van der Waals surface area contributed by atoms with Crippen LogP contribution in [0.25, 0.3) is 0 Å². The van der Waals surface area contributed by atoms with Crippen LogP contribution in [0.3, 0.4) is 0 Å². The van der Waals surface area contributed by atoms with Crippen molar-refractivity contribution in [2.75, 3.05) is 0 Å². The summed E-state index contributed by atoms with van der Waals surface area (Å²) in [5, 5.41) is 0. The minimum absolute atomic E-state index is 0.139. The SMILES string of the molecule is CCCCC(OC(=O)Cc1ccccc1)C(F)(F)F. The second-order valence-electron chi connectivity index (χ2n) is 4.32. The average Bonchev–Trinajstić information content (AvgIpc) is 2.34. The lowest BCUT2D eigenvalue weighted by Gasteiger charge is -2.20. The van der Waals surface area contributed by atoms with Gasteiger partial charge in [0.1, 0.15) is 0 Å². The van der Waals surface area contributed by atoms with Crippen LogP contribution in [-0.4, -0.2) is 18.2 Å². The average molecular weight is 274 g/mol. The number of carbonyl (C=O) groups excluding carboxylic acids is 1. The molecule has 1 atom stereocenters. The maximum Gasteiger partial charge on any atom is 0.425 e. The molecular formula is C14H17F3O2. The fourth-order valence-electron chi connectivity index (χ4n) is 1.64. The Morgan fingerprint density at radius 1 is 1.26 bits per heavy atom. The number of benzene rings is 1. The first-order valence-corrected chi connectivity index (χ1v) is 6.23. The van der Waals surface area contributed by atoms with Crippen LogP contribution in [0.4, 0.5) is 13.2 Å². The van der Waals surface area contributed by atoms with E-state index in [9.17, 15) is 18.0 Å². The van der Waals surface area contributed by atoms with Crippen LogP contribution >= 0.6 is 0 Å². The number of halogens is 3. The van der Waals surface area contributed by atoms with Crippen LogP contribution in [0.15, 0.2) is 30.3 Å². The zero-order valence-electron chi connectivity index (χ0n) is 10.7. The Labute approximate surface area is 110 Å². The summed E-state index contributed by atoms with van der Waals surface area (Å²) in [6.07, 6.45) is -5.81. The van der Waals surface area contributed by atoms with Crippen molar-refractivity contribution in [2.24, 2.45) is 0 Å². The number of unbranched alkanes of at least 4 members (excludes halogenated alkanes) is 1. The summed E-state index contributed by atoms with van der Waals surface area (Å²) in [4.78, 5) is 11.5. The number of hydrogen-bond acceptors (Lipinski definition) is 2. The maximum absolute atomic E-state index is 12.7. The Morgan fingerprint density at radius 2 is 1.89 bits per heavy atom. The van der Waals surface area contributed by atoms with Crippen molar-refractivity contribution < 1.29 is 22.7 Å². The summed E-state index contributed by atoms with van der Waals surface area (Å²) < 4.78 is 42.6. The van der Waals surface area contributed by atoms with Crippen molar-refractivity contribution in [1.82, 2.24) is 0 Å². The molecule has 0 aromatic heterocycles. The van der Waals surface area contributed by atoms with Crippen LogP contribution in [0, 0.1) is 0 Å². The molecule has 0 bridgehead atoms. The predicted octanol–water partition coefficient (Wildman–Crippen LogP) is 3.89. The lowest BCUT2D eigenvalue weighted by molar-refractivity contribution is -0.222. The normalized spacial score (nSPS) is 13.1. The van der Waals surface area contributed by atoms with E-state index in [2.05, 4.69) is 4.74 Å². The number of carbonyl (C=O) groups is 1. The summed E-state index contributed by atoms with van der Waals surface area (Å²) in [6.45, 7) is 1.79. The number of ether oxygens (including phenoxy) is 1. The fourth-order valence-corrected chi connectivity index (χ4v) is 1.64. The van der Waals surface area contributed by atoms with E-state index >= 15 is 0 Å². The van der Waals surface area contributed by atoms with Gasteiger partial charge in [-0.25, -0.2) is 0 Å². The second kappa shape index (κ2) is 7.16. The van der Waals surface area contributed by atoms with E-state index < -0.39 is 18.2 Å². The lowest BCUT2D eigenvalue weighted by Crippen LogP contribution is -2.34. The summed E-state index contributed by atoms with van der Waals surface area (Å²) in [7, 11) is 0. The van der Waals surface area contributed by atoms with Gasteiger partial charge in [-0.05, 0) is 18.4 Å². The molecule has 0 spiro atoms. The molecule has 0 saturated carbocycles. The van der Waals surface area contributed by atoms with Crippen molar-refractivity contribution in [3.63, 3.8) is 0 Å². The minimum Gasteiger partial charge on any atom is -0.452 e. The van der Waals surface area contributed by atoms with Gasteiger partial charge in [0.25, 0.3) is 0 Å². The zero-order valence-corrected chi connectivity index (χ0v) is 10.7. The molecule has 0 heterocycles. The first-order chi connectivity index (χ1) is 8.93. The first-order valence-electron chi connectivity index (χ1n) is 6.23. The molecule has 106 valence electrons. The highest BCUT2D eigenvalue weighted by atomic mass is 19.4. The van der Waals surface area contributed by atoms with Gasteiger partial charge < -0.3 is 4.74 Å². The Hall–Kier alpha value is -1.52. The van der Waals surface area contributed by atoms with Gasteiger partial charge in [0, 0.05) is 0 Å². The molecule has 0 amide bonds. The molecule has 2 nitrogen and oxygen atoms in total. The Morgan fingerprint density at radius 3 is 2.42 bits per heavy atom. The molecule has 0 saturated heterocycles. The molecule has 0 radical (unpaired) electrons. The fraction of sp³-hybridized carbons (Fsp3) is 0.500. The molecule has 0 aliphatic heterocycles. The molecule has 0 aliphatic carbocycles. The molecule has 1 unspecified atom stereocenters. The van der Waals surface area contributed by atoms with E-state index in [0.29, 0.717) is 18.4 Å². The molecule has 0 N–H and O–H groups in total. The van der Waals surface area contributed by atoms with Gasteiger partial charge in [-0.15, -0.1) is 0 Å². The van der Waals surface area contributed by atoms with Crippen LogP contribution < -0.4 is 0 Å². The standard InChI is InChI=1S/C14H17F3O2/c1-2-3-9-12(14(15,16)17)19-13(18)10-11-7-5-4-6-8-11/h4-8,12H,2-3,9-10H2,1H3. The van der Waals surface area contributed by atoms with Crippen molar-refractivity contribution in [3.05, 3.63) is 35.9 Å². The van der Waals surface area contributed by atoms with Gasteiger partial charge in [0.2, 0.25) is 0 Å². The Balaban J connectivity index is 2.56. The molecule has 1 rings (SSSR count). The van der Waals surface area contributed by atoms with Crippen LogP contribution in [0.5, 0.6) is 0 Å². The van der Waals surface area contributed by atoms with Gasteiger partial charge in [0.15, 0.2) is 6.10 Å². The minimum atomic E-state index is -4.50. The summed E-state index contributed by atoms with van der Waals surface area (Å²) in [5.74, 6) is -0.843. The Bertz CT molecular complexity index is 387. The highest BCUT2D eigenvalue weighted by molar-refractivity contribution is 5.72. The van der Waals surface area contributed by atoms with Crippen molar-refractivity contribution in [1.29, 1.82) is 0 Å². The van der Waals surface area contributed by atoms with Crippen molar-refractivity contribution >= 4 is 5.97 Å². The quantitative estimate of drug-likeness (QED) is 0.735. The summed E-state index contributed by atoms with van der Waals surface area (Å²) in [5.41, 5.74) is 0.643. The molecule has 1 aromatic rings. The van der Waals surface area contributed by atoms with Crippen LogP contribution in [0.2, 0.25) is 0 Å². The monoisotopic (exact) mass is 274 g/mol. The molecule has 19 heavy (non-hydrogen) atoms. The van der Waals surface area contributed by atoms with Crippen molar-refractivity contribution in [3.8, 4) is 0 Å². The largest absolute Gasteiger partial charge is 0.452 e. The zero-order chi connectivity index (χ0) is 14.3. The topological polar surface area (TPSA) is 26.3 Å². The third-order valence-corrected chi connectivity index (χ3v) is 2.65. The molecular weight excluding hydrogens is 257 g/mol. The number of esters is 1. The lowest BCUT2D eigenvalue weighted by atomic mass is 10.1. The van der Waals surface area contributed by atoms with Crippen molar-refractivity contribution in [2.45, 2.75) is 44.9 Å². The molecule has 5 heteroatoms. The third-order valence-electron chi connectivity index (χ3n) is 2.65. The van der Waals surface area contributed by atoms with E-state index in [-0.39, 0.29) is 12.8 Å². The van der Waals surface area contributed by atoms with Gasteiger partial charge in [-0.1, -0.05) is 43.7 Å². The molecule has 1 aromatic carbocycles. The van der Waals surface area contributed by atoms with E-state index in [1.165, 1.54) is 0 Å². The molecule has 0 aliphatic rings. The smallest absolute Gasteiger partial charge is 0.425 e. The van der Waals surface area contributed by atoms with E-state index in [0.717, 1.165) is 0 Å². The van der Waals surface area contributed by atoms with Gasteiger partial charge in [0.05, 0.1) is 6.42 Å². The van der Waals surface area contributed by atoms with Gasteiger partial charge in [-0.2, -0.15) is 13.2 Å². The summed E-state index contributed by atoms with van der Waals surface area (Å²) >= 11 is 0. The number of hydrogen-bond donors (Lipinski definition) is 0. The van der Waals surface area contributed by atoms with E-state index in [1.807, 2.05) is 0 Å².